The summed E-state index contributed by atoms with van der Waals surface area (Å²) in [7, 11) is 1.64. The van der Waals surface area contributed by atoms with Gasteiger partial charge in [-0.25, -0.2) is 4.99 Å². The van der Waals surface area contributed by atoms with Gasteiger partial charge in [0.25, 0.3) is 5.91 Å². The highest BCUT2D eigenvalue weighted by atomic mass is 35.5. The highest BCUT2D eigenvalue weighted by molar-refractivity contribution is 8.18. The monoisotopic (exact) mass is 474 g/mol. The Balaban J connectivity index is 1.56. The molecule has 1 saturated heterocycles. The highest BCUT2D eigenvalue weighted by Crippen LogP contribution is 2.43. The largest absolute Gasteiger partial charge is 0.497 e. The maximum atomic E-state index is 13.7. The molecule has 1 aliphatic carbocycles. The number of rotatable bonds is 4. The first-order valence-corrected chi connectivity index (χ1v) is 12.1. The summed E-state index contributed by atoms with van der Waals surface area (Å²) in [4.78, 5) is 21.1. The number of amides is 1. The Hall–Kier alpha value is -3.02. The summed E-state index contributed by atoms with van der Waals surface area (Å²) in [6.07, 6.45) is 4.92. The first-order valence-electron chi connectivity index (χ1n) is 10.9. The quantitative estimate of drug-likeness (QED) is 0.381. The average Bonchev–Trinajstić information content (AvgIpc) is 3.14. The Morgan fingerprint density at radius 2 is 1.82 bits per heavy atom. The van der Waals surface area contributed by atoms with Crippen LogP contribution in [0.5, 0.6) is 5.75 Å². The number of hydrogen-bond donors (Lipinski definition) is 0. The van der Waals surface area contributed by atoms with E-state index in [4.69, 9.17) is 21.3 Å². The molecular formula is C27H23ClN2O2S. The maximum Gasteiger partial charge on any atom is 0.267 e. The van der Waals surface area contributed by atoms with Gasteiger partial charge in [0, 0.05) is 5.02 Å². The number of methoxy groups -OCH3 is 1. The average molecular weight is 475 g/mol. The Bertz CT molecular complexity index is 1240. The third-order valence-corrected chi connectivity index (χ3v) is 7.19. The summed E-state index contributed by atoms with van der Waals surface area (Å²) in [6.45, 7) is 0. The van der Waals surface area contributed by atoms with Crippen LogP contribution in [0.15, 0.2) is 82.7 Å². The molecule has 1 heterocycles. The third kappa shape index (κ3) is 4.56. The van der Waals surface area contributed by atoms with Crippen LogP contribution in [0.1, 0.15) is 35.6 Å². The Kier molecular flexibility index (Phi) is 6.25. The number of fused-ring (bicyclic) bond motifs is 1. The molecule has 4 nitrogen and oxygen atoms in total. The second kappa shape index (κ2) is 9.46. The standard InChI is InChI=1S/C27H23ClN2O2S/c1-32-22-15-13-21(14-16-22)29-27-30(24-8-4-6-19-5-2-3-7-23(19)24)26(31)25(33-27)17-18-9-11-20(28)12-10-18/h2-3,5,7,9-17,24H,4,6,8H2,1H3/b25-17-,29-27?. The zero-order valence-electron chi connectivity index (χ0n) is 18.2. The van der Waals surface area contributed by atoms with E-state index in [1.54, 1.807) is 7.11 Å². The lowest BCUT2D eigenvalue weighted by Gasteiger charge is -2.32. The van der Waals surface area contributed by atoms with Crippen molar-refractivity contribution in [2.24, 2.45) is 4.99 Å². The summed E-state index contributed by atoms with van der Waals surface area (Å²) in [6, 6.07) is 23.5. The molecule has 1 atom stereocenters. The minimum absolute atomic E-state index is 0.0103. The van der Waals surface area contributed by atoms with Gasteiger partial charge >= 0.3 is 0 Å². The van der Waals surface area contributed by atoms with Gasteiger partial charge in [0.15, 0.2) is 5.17 Å². The molecule has 2 aliphatic rings. The Labute approximate surface area is 202 Å². The van der Waals surface area contributed by atoms with Crippen molar-refractivity contribution in [2.45, 2.75) is 25.3 Å². The Morgan fingerprint density at radius 1 is 1.06 bits per heavy atom. The van der Waals surface area contributed by atoms with Crippen molar-refractivity contribution < 1.29 is 9.53 Å². The summed E-state index contributed by atoms with van der Waals surface area (Å²) >= 11 is 7.46. The van der Waals surface area contributed by atoms with Gasteiger partial charge in [0.1, 0.15) is 5.75 Å². The van der Waals surface area contributed by atoms with Crippen LogP contribution in [-0.2, 0) is 11.2 Å². The number of benzene rings is 3. The van der Waals surface area contributed by atoms with Crippen LogP contribution in [0.25, 0.3) is 6.08 Å². The van der Waals surface area contributed by atoms with E-state index in [-0.39, 0.29) is 11.9 Å². The van der Waals surface area contributed by atoms with Crippen molar-refractivity contribution in [3.63, 3.8) is 0 Å². The Morgan fingerprint density at radius 3 is 2.58 bits per heavy atom. The van der Waals surface area contributed by atoms with Gasteiger partial charge in [0.2, 0.25) is 0 Å². The molecule has 5 rings (SSSR count). The number of nitrogens with zero attached hydrogens (tertiary/aromatic N) is 2. The molecule has 1 unspecified atom stereocenters. The van der Waals surface area contributed by atoms with Gasteiger partial charge in [-0.3, -0.25) is 9.69 Å². The van der Waals surface area contributed by atoms with Crippen LogP contribution in [-0.4, -0.2) is 23.1 Å². The second-order valence-electron chi connectivity index (χ2n) is 8.04. The first kappa shape index (κ1) is 21.8. The number of aryl methyl sites for hydroxylation is 1. The van der Waals surface area contributed by atoms with Crippen LogP contribution in [0.3, 0.4) is 0 Å². The highest BCUT2D eigenvalue weighted by Gasteiger charge is 2.40. The van der Waals surface area contributed by atoms with Crippen molar-refractivity contribution in [3.8, 4) is 5.75 Å². The molecule has 6 heteroatoms. The molecule has 0 radical (unpaired) electrons. The lowest BCUT2D eigenvalue weighted by Crippen LogP contribution is -2.35. The van der Waals surface area contributed by atoms with Gasteiger partial charge in [-0.15, -0.1) is 0 Å². The fourth-order valence-corrected chi connectivity index (χ4v) is 5.48. The lowest BCUT2D eigenvalue weighted by molar-refractivity contribution is -0.124. The molecule has 3 aromatic rings. The van der Waals surface area contributed by atoms with Gasteiger partial charge in [0.05, 0.1) is 23.7 Å². The molecule has 0 aromatic heterocycles. The van der Waals surface area contributed by atoms with E-state index in [0.717, 1.165) is 36.3 Å². The zero-order chi connectivity index (χ0) is 22.8. The number of thioether (sulfide) groups is 1. The van der Waals surface area contributed by atoms with Crippen molar-refractivity contribution in [3.05, 3.63) is 99.4 Å². The third-order valence-electron chi connectivity index (χ3n) is 5.95. The molecular weight excluding hydrogens is 452 g/mol. The molecule has 0 N–H and O–H groups in total. The van der Waals surface area contributed by atoms with Crippen LogP contribution in [0, 0.1) is 0 Å². The molecule has 33 heavy (non-hydrogen) atoms. The van der Waals surface area contributed by atoms with Gasteiger partial charge in [-0.1, -0.05) is 48.0 Å². The molecule has 3 aromatic carbocycles. The summed E-state index contributed by atoms with van der Waals surface area (Å²) in [5.41, 5.74) is 4.25. The minimum Gasteiger partial charge on any atom is -0.497 e. The maximum absolute atomic E-state index is 13.7. The van der Waals surface area contributed by atoms with Crippen LogP contribution >= 0.6 is 23.4 Å². The van der Waals surface area contributed by atoms with Crippen molar-refractivity contribution in [1.29, 1.82) is 0 Å². The summed E-state index contributed by atoms with van der Waals surface area (Å²) in [5.74, 6) is 0.763. The topological polar surface area (TPSA) is 41.9 Å². The van der Waals surface area contributed by atoms with Crippen molar-refractivity contribution in [2.75, 3.05) is 7.11 Å². The number of carbonyl (C=O) groups is 1. The normalized spacial score (nSPS) is 20.4. The van der Waals surface area contributed by atoms with E-state index in [1.165, 1.54) is 22.9 Å². The number of amidine groups is 1. The molecule has 0 bridgehead atoms. The molecule has 166 valence electrons. The van der Waals surface area contributed by atoms with Crippen LogP contribution in [0.2, 0.25) is 5.02 Å². The predicted octanol–water partition coefficient (Wildman–Crippen LogP) is 7.03. The van der Waals surface area contributed by atoms with Crippen molar-refractivity contribution in [1.82, 2.24) is 4.90 Å². The van der Waals surface area contributed by atoms with E-state index < -0.39 is 0 Å². The molecule has 0 saturated carbocycles. The lowest BCUT2D eigenvalue weighted by atomic mass is 9.87. The molecule has 1 fully saturated rings. The van der Waals surface area contributed by atoms with E-state index in [1.807, 2.05) is 59.5 Å². The van der Waals surface area contributed by atoms with Crippen LogP contribution in [0.4, 0.5) is 5.69 Å². The van der Waals surface area contributed by atoms with Gasteiger partial charge in [-0.05, 0) is 90.2 Å². The summed E-state index contributed by atoms with van der Waals surface area (Å²) in [5, 5.41) is 1.37. The molecule has 1 amide bonds. The van der Waals surface area contributed by atoms with Gasteiger partial charge in [-0.2, -0.15) is 0 Å². The van der Waals surface area contributed by atoms with E-state index in [9.17, 15) is 4.79 Å². The van der Waals surface area contributed by atoms with E-state index in [0.29, 0.717) is 15.1 Å². The fraction of sp³-hybridized carbons (Fsp3) is 0.185. The van der Waals surface area contributed by atoms with Crippen LogP contribution < -0.4 is 4.74 Å². The molecule has 0 spiro atoms. The second-order valence-corrected chi connectivity index (χ2v) is 9.48. The number of aliphatic imine (C=N–C) groups is 1. The first-order chi connectivity index (χ1) is 16.1. The fourth-order valence-electron chi connectivity index (χ4n) is 4.31. The summed E-state index contributed by atoms with van der Waals surface area (Å²) < 4.78 is 5.27. The molecule has 1 aliphatic heterocycles. The number of hydrogen-bond acceptors (Lipinski definition) is 4. The van der Waals surface area contributed by atoms with Gasteiger partial charge < -0.3 is 4.74 Å². The zero-order valence-corrected chi connectivity index (χ0v) is 19.8. The minimum atomic E-state index is -0.0249. The number of carbonyl (C=O) groups excluding carboxylic acids is 1. The SMILES string of the molecule is COc1ccc(N=C2S/C(=C\c3ccc(Cl)cc3)C(=O)N2C2CCCc3ccccc32)cc1. The number of halogens is 1. The van der Waals surface area contributed by atoms with Crippen molar-refractivity contribution >= 4 is 46.2 Å². The smallest absolute Gasteiger partial charge is 0.267 e. The van der Waals surface area contributed by atoms with E-state index in [2.05, 4.69) is 24.3 Å². The predicted molar refractivity (Wildman–Crippen MR) is 136 cm³/mol. The van der Waals surface area contributed by atoms with E-state index >= 15 is 0 Å². The number of ether oxygens (including phenoxy) is 1.